The number of hydrogen-bond donors (Lipinski definition) is 3. The van der Waals surface area contributed by atoms with Gasteiger partial charge in [-0.3, -0.25) is 4.79 Å². The Bertz CT molecular complexity index is 1380. The minimum absolute atomic E-state index is 0. The number of rotatable bonds is 8. The van der Waals surface area contributed by atoms with Gasteiger partial charge in [0.2, 0.25) is 5.91 Å². The number of thiocarbonyl (C=S) groups is 1. The monoisotopic (exact) mass is 585 g/mol. The first-order valence-corrected chi connectivity index (χ1v) is 13.6. The van der Waals surface area contributed by atoms with Crippen molar-refractivity contribution < 1.29 is 89.9 Å². The van der Waals surface area contributed by atoms with Crippen molar-refractivity contribution in [3.05, 3.63) is 47.5 Å². The topological polar surface area (TPSA) is 168 Å². The Kier molecular flexibility index (Phi) is 14.7. The van der Waals surface area contributed by atoms with Crippen LogP contribution in [0.3, 0.4) is 0 Å². The average Bonchev–Trinajstić information content (AvgIpc) is 2.71. The standard InChI is InChI=1S/C22H27N3O7S3.2Na/c1-13(2)21(26)24-17-9-7-15(19(11-17)34(27,28)29)5-6-16-8-10-18(12-20(16)35(30,31)32)25-22(33)23-14(3)4;;/h5-14H,1-4H3,(H,24,26)(H2,23,25,33)(H,27,28,29)(H,30,31,32);;/q;2*+1/p-2. The molecule has 0 fully saturated rings. The number of hydrogen-bond acceptors (Lipinski definition) is 8. The van der Waals surface area contributed by atoms with E-state index in [2.05, 4.69) is 16.0 Å². The molecular weight excluding hydrogens is 560 g/mol. The summed E-state index contributed by atoms with van der Waals surface area (Å²) < 4.78 is 71.0. The second-order valence-corrected chi connectivity index (χ2v) is 11.2. The summed E-state index contributed by atoms with van der Waals surface area (Å²) in [5, 5.41) is 8.44. The van der Waals surface area contributed by atoms with Crippen LogP contribution in [0.5, 0.6) is 0 Å². The molecule has 1 amide bonds. The Morgan fingerprint density at radius 3 is 1.57 bits per heavy atom. The molecule has 0 aliphatic carbocycles. The normalized spacial score (nSPS) is 11.6. The van der Waals surface area contributed by atoms with E-state index in [-0.39, 0.29) is 105 Å². The molecule has 0 saturated heterocycles. The van der Waals surface area contributed by atoms with Crippen LogP contribution in [0.4, 0.5) is 11.4 Å². The maximum absolute atomic E-state index is 11.9. The quantitative estimate of drug-likeness (QED) is 0.125. The Labute approximate surface area is 267 Å². The third-order valence-corrected chi connectivity index (χ3v) is 6.48. The summed E-state index contributed by atoms with van der Waals surface area (Å²) in [5.74, 6) is -0.744. The molecule has 0 saturated carbocycles. The SMILES string of the molecule is CC(C)NC(=S)Nc1ccc(C=Cc2ccc(NC(=O)C(C)C)cc2S(=O)(=O)[O-])c(S(=O)(=O)[O-])c1.[Na+].[Na+]. The molecule has 190 valence electrons. The van der Waals surface area contributed by atoms with Gasteiger partial charge in [0.25, 0.3) is 0 Å². The number of carbonyl (C=O) groups is 1. The largest absolute Gasteiger partial charge is 1.00 e. The maximum Gasteiger partial charge on any atom is 1.00 e. The zero-order valence-corrected chi connectivity index (χ0v) is 27.8. The van der Waals surface area contributed by atoms with E-state index in [0.717, 1.165) is 12.1 Å². The van der Waals surface area contributed by atoms with E-state index >= 15 is 0 Å². The van der Waals surface area contributed by atoms with Gasteiger partial charge in [0.15, 0.2) is 5.11 Å². The summed E-state index contributed by atoms with van der Waals surface area (Å²) in [6.07, 6.45) is 2.40. The summed E-state index contributed by atoms with van der Waals surface area (Å²) in [4.78, 5) is 10.7. The van der Waals surface area contributed by atoms with Crippen LogP contribution in [0.25, 0.3) is 12.2 Å². The molecule has 0 aliphatic heterocycles. The van der Waals surface area contributed by atoms with E-state index in [4.69, 9.17) is 12.2 Å². The van der Waals surface area contributed by atoms with Crippen molar-refractivity contribution >= 4 is 67.0 Å². The van der Waals surface area contributed by atoms with Crippen molar-refractivity contribution in [1.29, 1.82) is 0 Å². The van der Waals surface area contributed by atoms with Gasteiger partial charge < -0.3 is 25.1 Å². The van der Waals surface area contributed by atoms with Crippen molar-refractivity contribution in [3.8, 4) is 0 Å². The first-order chi connectivity index (χ1) is 16.1. The third-order valence-electron chi connectivity index (χ3n) is 4.48. The van der Waals surface area contributed by atoms with Crippen molar-refractivity contribution in [3.63, 3.8) is 0 Å². The Morgan fingerprint density at radius 1 is 0.811 bits per heavy atom. The van der Waals surface area contributed by atoms with Gasteiger partial charge in [-0.05, 0) is 61.5 Å². The summed E-state index contributed by atoms with van der Waals surface area (Å²) in [7, 11) is -9.87. The van der Waals surface area contributed by atoms with E-state index in [1.54, 1.807) is 13.8 Å². The smallest absolute Gasteiger partial charge is 0.744 e. The van der Waals surface area contributed by atoms with E-state index in [1.165, 1.54) is 36.4 Å². The summed E-state index contributed by atoms with van der Waals surface area (Å²) in [6, 6.07) is 7.65. The molecule has 0 heterocycles. The fourth-order valence-corrected chi connectivity index (χ4v) is 4.57. The molecule has 3 N–H and O–H groups in total. The predicted octanol–water partition coefficient (Wildman–Crippen LogP) is -3.04. The average molecular weight is 586 g/mol. The fourth-order valence-electron chi connectivity index (χ4n) is 2.83. The molecule has 0 atom stereocenters. The summed E-state index contributed by atoms with van der Waals surface area (Å²) >= 11 is 5.12. The molecule has 0 radical (unpaired) electrons. The van der Waals surface area contributed by atoms with Crippen LogP contribution in [0.1, 0.15) is 38.8 Å². The van der Waals surface area contributed by atoms with Gasteiger partial charge in [0, 0.05) is 23.3 Å². The van der Waals surface area contributed by atoms with Crippen LogP contribution >= 0.6 is 12.2 Å². The van der Waals surface area contributed by atoms with Gasteiger partial charge >= 0.3 is 59.1 Å². The molecular formula is C22H25N3Na2O7S3. The van der Waals surface area contributed by atoms with Crippen LogP contribution in [-0.2, 0) is 25.0 Å². The van der Waals surface area contributed by atoms with Crippen molar-refractivity contribution in [1.82, 2.24) is 5.32 Å². The number of benzene rings is 2. The van der Waals surface area contributed by atoms with Gasteiger partial charge in [-0.1, -0.05) is 38.1 Å². The molecule has 2 rings (SSSR count). The number of carbonyl (C=O) groups excluding carboxylic acids is 1. The minimum Gasteiger partial charge on any atom is -0.744 e. The van der Waals surface area contributed by atoms with Gasteiger partial charge in [0.1, 0.15) is 20.2 Å². The van der Waals surface area contributed by atoms with E-state index in [1.807, 2.05) is 13.8 Å². The molecule has 0 aliphatic rings. The summed E-state index contributed by atoms with van der Waals surface area (Å²) in [5.41, 5.74) is 0.281. The molecule has 0 aromatic heterocycles. The Balaban J connectivity index is 0.00000648. The first kappa shape index (κ1) is 36.2. The minimum atomic E-state index is -4.95. The van der Waals surface area contributed by atoms with Gasteiger partial charge in [-0.2, -0.15) is 0 Å². The molecule has 2 aromatic carbocycles. The fraction of sp³-hybridized carbons (Fsp3) is 0.273. The molecule has 37 heavy (non-hydrogen) atoms. The van der Waals surface area contributed by atoms with Gasteiger partial charge in [0.05, 0.1) is 9.79 Å². The molecule has 10 nitrogen and oxygen atoms in total. The van der Waals surface area contributed by atoms with Crippen LogP contribution in [-0.4, -0.2) is 43.0 Å². The summed E-state index contributed by atoms with van der Waals surface area (Å²) in [6.45, 7) is 7.01. The van der Waals surface area contributed by atoms with Crippen LogP contribution < -0.4 is 75.1 Å². The second kappa shape index (κ2) is 15.1. The van der Waals surface area contributed by atoms with Crippen LogP contribution in [0.2, 0.25) is 0 Å². The van der Waals surface area contributed by atoms with Crippen molar-refractivity contribution in [2.24, 2.45) is 5.92 Å². The molecule has 15 heteroatoms. The van der Waals surface area contributed by atoms with E-state index < -0.39 is 30.0 Å². The van der Waals surface area contributed by atoms with Crippen LogP contribution in [0.15, 0.2) is 46.2 Å². The number of amides is 1. The maximum atomic E-state index is 11.9. The zero-order valence-electron chi connectivity index (χ0n) is 21.4. The Hall–Kier alpha value is -0.840. The zero-order chi connectivity index (χ0) is 26.6. The van der Waals surface area contributed by atoms with Gasteiger partial charge in [-0.25, -0.2) is 16.8 Å². The number of nitrogens with one attached hydrogen (secondary N) is 3. The van der Waals surface area contributed by atoms with Gasteiger partial charge in [-0.15, -0.1) is 0 Å². The molecule has 0 unspecified atom stereocenters. The first-order valence-electron chi connectivity index (χ1n) is 10.3. The van der Waals surface area contributed by atoms with E-state index in [9.17, 15) is 30.7 Å². The predicted molar refractivity (Wildman–Crippen MR) is 136 cm³/mol. The number of anilines is 2. The molecule has 0 spiro atoms. The van der Waals surface area contributed by atoms with E-state index in [0.29, 0.717) is 0 Å². The Morgan fingerprint density at radius 2 is 1.22 bits per heavy atom. The molecule has 2 aromatic rings. The van der Waals surface area contributed by atoms with Crippen LogP contribution in [0, 0.1) is 5.92 Å². The van der Waals surface area contributed by atoms with Crippen molar-refractivity contribution in [2.45, 2.75) is 43.5 Å². The third kappa shape index (κ3) is 11.4. The second-order valence-electron chi connectivity index (χ2n) is 8.14. The van der Waals surface area contributed by atoms with Crippen molar-refractivity contribution in [2.75, 3.05) is 10.6 Å². The molecule has 0 bridgehead atoms.